The number of para-hydroxylation sites is 2. The fourth-order valence-corrected chi connectivity index (χ4v) is 2.89. The Morgan fingerprint density at radius 1 is 1.03 bits per heavy atom. The number of rotatable bonds is 5. The van der Waals surface area contributed by atoms with Gasteiger partial charge in [-0.15, -0.1) is 0 Å². The monoisotopic (exact) mass is 400 g/mol. The predicted octanol–water partition coefficient (Wildman–Crippen LogP) is 4.19. The predicted molar refractivity (Wildman–Crippen MR) is 102 cm³/mol. The lowest BCUT2D eigenvalue weighted by Gasteiger charge is -2.12. The summed E-state index contributed by atoms with van der Waals surface area (Å²) in [5.74, 6) is -0.593. The number of ether oxygens (including phenoxy) is 1. The molecule has 0 amide bonds. The molecule has 0 atom stereocenters. The molecule has 0 saturated carbocycles. The Labute approximate surface area is 163 Å². The number of nitrogens with two attached hydrogens (primary N) is 1. The number of alkyl halides is 2. The minimum atomic E-state index is -2.93. The molecule has 148 valence electrons. The van der Waals surface area contributed by atoms with Gasteiger partial charge in [0.05, 0.1) is 11.0 Å². The third-order valence-corrected chi connectivity index (χ3v) is 4.14. The van der Waals surface area contributed by atoms with E-state index in [1.165, 1.54) is 24.3 Å². The van der Waals surface area contributed by atoms with Crippen molar-refractivity contribution in [3.8, 4) is 11.7 Å². The van der Waals surface area contributed by atoms with Crippen LogP contribution < -0.4 is 15.8 Å². The molecule has 0 aliphatic heterocycles. The number of nitrogens with zero attached hydrogens (tertiary/aromatic N) is 4. The molecule has 0 unspecified atom stereocenters. The van der Waals surface area contributed by atoms with Crippen LogP contribution in [0.15, 0.2) is 48.5 Å². The van der Waals surface area contributed by atoms with Gasteiger partial charge in [0.2, 0.25) is 11.8 Å². The average Bonchev–Trinajstić information content (AvgIpc) is 3.02. The van der Waals surface area contributed by atoms with Crippen LogP contribution in [-0.2, 0) is 0 Å². The van der Waals surface area contributed by atoms with Gasteiger partial charge in [-0.25, -0.2) is 4.98 Å². The molecular formula is C19H15F3N6O. The van der Waals surface area contributed by atoms with Crippen LogP contribution in [-0.4, -0.2) is 26.1 Å². The molecule has 2 aromatic heterocycles. The number of nitrogen functional groups attached to an aromatic ring is 1. The second-order valence-corrected chi connectivity index (χ2v) is 6.08. The van der Waals surface area contributed by atoms with Crippen molar-refractivity contribution in [2.24, 2.45) is 0 Å². The second-order valence-electron chi connectivity index (χ2n) is 6.08. The molecule has 7 nitrogen and oxygen atoms in total. The summed E-state index contributed by atoms with van der Waals surface area (Å²) in [4.78, 5) is 12.7. The topological polar surface area (TPSA) is 90.9 Å². The molecule has 3 N–H and O–H groups in total. The van der Waals surface area contributed by atoms with Gasteiger partial charge in [-0.2, -0.15) is 23.1 Å². The third-order valence-electron chi connectivity index (χ3n) is 4.14. The number of hydrogen-bond donors (Lipinski definition) is 2. The lowest BCUT2D eigenvalue weighted by molar-refractivity contribution is -0.0498. The van der Waals surface area contributed by atoms with Gasteiger partial charge in [-0.3, -0.25) is 4.57 Å². The van der Waals surface area contributed by atoms with E-state index < -0.39 is 12.4 Å². The zero-order valence-electron chi connectivity index (χ0n) is 15.1. The SMILES string of the molecule is Cc1nc2ccccc2n1-c1nc(N)c(F)c(Nc2ccc(OC(F)F)cc2)n1. The van der Waals surface area contributed by atoms with Gasteiger partial charge < -0.3 is 15.8 Å². The van der Waals surface area contributed by atoms with Crippen LogP contribution in [0.3, 0.4) is 0 Å². The lowest BCUT2D eigenvalue weighted by Crippen LogP contribution is -2.10. The van der Waals surface area contributed by atoms with E-state index in [0.717, 1.165) is 11.0 Å². The Hall–Kier alpha value is -3.82. The van der Waals surface area contributed by atoms with Crippen molar-refractivity contribution < 1.29 is 17.9 Å². The number of benzene rings is 2. The van der Waals surface area contributed by atoms with E-state index in [9.17, 15) is 13.2 Å². The van der Waals surface area contributed by atoms with E-state index in [4.69, 9.17) is 5.73 Å². The highest BCUT2D eigenvalue weighted by molar-refractivity contribution is 5.77. The number of aromatic nitrogens is 4. The molecule has 0 bridgehead atoms. The van der Waals surface area contributed by atoms with Crippen LogP contribution in [0.1, 0.15) is 5.82 Å². The average molecular weight is 400 g/mol. The number of imidazole rings is 1. The van der Waals surface area contributed by atoms with Gasteiger partial charge in [-0.1, -0.05) is 12.1 Å². The largest absolute Gasteiger partial charge is 0.435 e. The van der Waals surface area contributed by atoms with E-state index in [0.29, 0.717) is 11.5 Å². The molecule has 0 aliphatic carbocycles. The number of hydrogen-bond acceptors (Lipinski definition) is 6. The molecule has 0 radical (unpaired) electrons. The molecule has 29 heavy (non-hydrogen) atoms. The highest BCUT2D eigenvalue weighted by Crippen LogP contribution is 2.26. The zero-order valence-corrected chi connectivity index (χ0v) is 15.1. The standard InChI is InChI=1S/C19H15F3N6O/c1-10-24-13-4-2-3-5-14(13)28(10)19-26-16(23)15(20)17(27-19)25-11-6-8-12(9-7-11)29-18(21)22/h2-9,18H,1H3,(H3,23,25,26,27). The van der Waals surface area contributed by atoms with Crippen molar-refractivity contribution >= 4 is 28.4 Å². The summed E-state index contributed by atoms with van der Waals surface area (Å²) in [6, 6.07) is 12.9. The molecular weight excluding hydrogens is 385 g/mol. The minimum absolute atomic E-state index is 0.0191. The third kappa shape index (κ3) is 3.64. The fourth-order valence-electron chi connectivity index (χ4n) is 2.89. The number of fused-ring (bicyclic) bond motifs is 1. The number of nitrogens with one attached hydrogen (secondary N) is 1. The van der Waals surface area contributed by atoms with Crippen molar-refractivity contribution in [3.63, 3.8) is 0 Å². The molecule has 4 rings (SSSR count). The van der Waals surface area contributed by atoms with Crippen LogP contribution >= 0.6 is 0 Å². The van der Waals surface area contributed by atoms with E-state index in [-0.39, 0.29) is 23.3 Å². The Bertz CT molecular complexity index is 1180. The first kappa shape index (κ1) is 18.5. The Morgan fingerprint density at radius 2 is 1.76 bits per heavy atom. The van der Waals surface area contributed by atoms with Crippen LogP contribution in [0, 0.1) is 12.7 Å². The summed E-state index contributed by atoms with van der Waals surface area (Å²) >= 11 is 0. The number of anilines is 3. The molecule has 4 aromatic rings. The van der Waals surface area contributed by atoms with E-state index in [1.54, 1.807) is 11.5 Å². The van der Waals surface area contributed by atoms with Crippen LogP contribution in [0.4, 0.5) is 30.5 Å². The van der Waals surface area contributed by atoms with Crippen molar-refractivity contribution in [2.75, 3.05) is 11.1 Å². The molecule has 10 heteroatoms. The van der Waals surface area contributed by atoms with Crippen molar-refractivity contribution in [1.29, 1.82) is 0 Å². The summed E-state index contributed by atoms with van der Waals surface area (Å²) in [6.07, 6.45) is 0. The second kappa shape index (κ2) is 7.30. The highest BCUT2D eigenvalue weighted by atomic mass is 19.3. The minimum Gasteiger partial charge on any atom is -0.435 e. The van der Waals surface area contributed by atoms with Gasteiger partial charge >= 0.3 is 6.61 Å². The van der Waals surface area contributed by atoms with Gasteiger partial charge in [0, 0.05) is 5.69 Å². The Balaban J connectivity index is 1.72. The van der Waals surface area contributed by atoms with Crippen molar-refractivity contribution in [3.05, 3.63) is 60.2 Å². The Kier molecular flexibility index (Phi) is 4.67. The number of aryl methyl sites for hydroxylation is 1. The summed E-state index contributed by atoms with van der Waals surface area (Å²) in [6.45, 7) is -1.15. The fraction of sp³-hybridized carbons (Fsp3) is 0.105. The summed E-state index contributed by atoms with van der Waals surface area (Å²) in [7, 11) is 0. The molecule has 0 aliphatic rings. The van der Waals surface area contributed by atoms with Crippen LogP contribution in [0.2, 0.25) is 0 Å². The van der Waals surface area contributed by atoms with Crippen molar-refractivity contribution in [2.45, 2.75) is 13.5 Å². The summed E-state index contributed by atoms with van der Waals surface area (Å²) in [5, 5.41) is 2.78. The number of halogens is 3. The maximum atomic E-state index is 14.5. The van der Waals surface area contributed by atoms with Crippen LogP contribution in [0.5, 0.6) is 5.75 Å². The molecule has 0 saturated heterocycles. The van der Waals surface area contributed by atoms with E-state index in [1.807, 2.05) is 24.3 Å². The molecule has 0 spiro atoms. The molecule has 2 aromatic carbocycles. The zero-order chi connectivity index (χ0) is 20.5. The van der Waals surface area contributed by atoms with Gasteiger partial charge in [0.1, 0.15) is 11.6 Å². The van der Waals surface area contributed by atoms with Gasteiger partial charge in [0.25, 0.3) is 0 Å². The van der Waals surface area contributed by atoms with E-state index in [2.05, 4.69) is 25.0 Å². The van der Waals surface area contributed by atoms with Crippen molar-refractivity contribution in [1.82, 2.24) is 19.5 Å². The normalized spacial score (nSPS) is 11.2. The highest BCUT2D eigenvalue weighted by Gasteiger charge is 2.17. The lowest BCUT2D eigenvalue weighted by atomic mass is 10.3. The van der Waals surface area contributed by atoms with Crippen LogP contribution in [0.25, 0.3) is 17.0 Å². The quantitative estimate of drug-likeness (QED) is 0.522. The smallest absolute Gasteiger partial charge is 0.387 e. The van der Waals surface area contributed by atoms with E-state index >= 15 is 0 Å². The summed E-state index contributed by atoms with van der Waals surface area (Å²) < 4.78 is 45.0. The first-order chi connectivity index (χ1) is 13.9. The van der Waals surface area contributed by atoms with Gasteiger partial charge in [-0.05, 0) is 43.3 Å². The Morgan fingerprint density at radius 3 is 2.48 bits per heavy atom. The maximum Gasteiger partial charge on any atom is 0.387 e. The summed E-state index contributed by atoms with van der Waals surface area (Å²) in [5.41, 5.74) is 7.64. The first-order valence-electron chi connectivity index (χ1n) is 8.52. The maximum absolute atomic E-state index is 14.5. The molecule has 2 heterocycles. The first-order valence-corrected chi connectivity index (χ1v) is 8.52. The van der Waals surface area contributed by atoms with Gasteiger partial charge in [0.15, 0.2) is 11.6 Å². The molecule has 0 fully saturated rings.